The van der Waals surface area contributed by atoms with Gasteiger partial charge in [0.05, 0.1) is 65.6 Å². The van der Waals surface area contributed by atoms with Gasteiger partial charge in [0.25, 0.3) is 0 Å². The van der Waals surface area contributed by atoms with Crippen LogP contribution in [-0.2, 0) is 114 Å². The van der Waals surface area contributed by atoms with Crippen molar-refractivity contribution >= 4 is 29.5 Å². The quantitative estimate of drug-likeness (QED) is 0.0297. The third-order valence-corrected chi connectivity index (χ3v) is 22.8. The standard InChI is InChI=1S/C70H117N5O50/c1-16-36(88)47(99)51(103)66(109-16)107-15-30-57(43(95)31(61(106)110-30)71-17(2)83)120-63-33(73-19(4)85)45(97)56(28(13-82)115-63)122-68-53(105)58(123-70-60(50(102)40(92)25(10-79)114-70)125-65-35(75-21(6)87)46(98)55(27(12-81)117-65)121-67-52(104)48(100)38(90)23(8-77)112-67)41(93)29(118-68)14-108-69-59(49(101)39(91)24(9-78)113-69)124-64-34(74-20(5)86)44(96)54(26(11-80)116-64)119-62-32(72-18(3)84)42(94)37(89)22(7-76)111-62/h16,22-70,76-82,88-106H,7-15H2,1-6H3,(H,71,83)(H,72,84)(H,73,85)(H,74,86)(H,75,87)/t16-,22+,23+,24+,25+,26+,27+,28+,29+,30+,31+,32+,33+,34+,35-,36+,37-,38-,39+,40+,41+,42+,43+,44+,45+,46+,47+,48-,49-,50-,51-,52+,53-,54+,55+,56+,57+,58-,59-,60-,61+,62-,63-,64-,65-,66+,67-,68-,69-,70+/m0/s1. The number of ether oxygens (including phenoxy) is 19. The fourth-order valence-corrected chi connectivity index (χ4v) is 16.2. The Morgan fingerprint density at radius 1 is 0.224 bits per heavy atom. The Morgan fingerprint density at radius 3 is 0.912 bits per heavy atom. The first-order valence-electron chi connectivity index (χ1n) is 40.0. The second-order valence-corrected chi connectivity index (χ2v) is 31.7. The van der Waals surface area contributed by atoms with E-state index in [1.807, 2.05) is 0 Å². The monoisotopic (exact) mass is 1830 g/mol. The lowest BCUT2D eigenvalue weighted by molar-refractivity contribution is -0.399. The summed E-state index contributed by atoms with van der Waals surface area (Å²) in [7, 11) is 0. The van der Waals surface area contributed by atoms with Gasteiger partial charge in [0.15, 0.2) is 62.9 Å². The van der Waals surface area contributed by atoms with E-state index in [2.05, 4.69) is 26.6 Å². The molecule has 50 atom stereocenters. The molecule has 0 aromatic rings. The number of aliphatic hydroxyl groups is 26. The zero-order valence-electron chi connectivity index (χ0n) is 67.7. The molecule has 0 bridgehead atoms. The highest BCUT2D eigenvalue weighted by molar-refractivity contribution is 5.75. The summed E-state index contributed by atoms with van der Waals surface area (Å²) in [6.45, 7) is -3.85. The highest BCUT2D eigenvalue weighted by Gasteiger charge is 2.62. The molecule has 0 aliphatic carbocycles. The maximum absolute atomic E-state index is 13.3. The summed E-state index contributed by atoms with van der Waals surface area (Å²) in [5, 5.41) is 304. The molecule has 0 spiro atoms. The topological polar surface area (TPSA) is 847 Å². The third kappa shape index (κ3) is 23.1. The number of aliphatic hydroxyl groups excluding tert-OH is 26. The first-order chi connectivity index (χ1) is 59.1. The van der Waals surface area contributed by atoms with E-state index in [1.165, 1.54) is 6.92 Å². The van der Waals surface area contributed by atoms with Crippen LogP contribution >= 0.6 is 0 Å². The smallest absolute Gasteiger partial charge is 0.217 e. The molecule has 10 heterocycles. The molecule has 55 nitrogen and oxygen atoms in total. The Bertz CT molecular complexity index is 3420. The average Bonchev–Trinajstić information content (AvgIpc) is 0.767. The lowest BCUT2D eigenvalue weighted by atomic mass is 9.93. The number of hydrogen-bond acceptors (Lipinski definition) is 50. The summed E-state index contributed by atoms with van der Waals surface area (Å²) in [4.78, 5) is 64.2. The summed E-state index contributed by atoms with van der Waals surface area (Å²) < 4.78 is 114. The van der Waals surface area contributed by atoms with Crippen LogP contribution in [-0.4, -0.2) is 529 Å². The number of rotatable bonds is 32. The van der Waals surface area contributed by atoms with E-state index in [1.54, 1.807) is 0 Å². The largest absolute Gasteiger partial charge is 0.394 e. The zero-order valence-corrected chi connectivity index (χ0v) is 67.7. The van der Waals surface area contributed by atoms with Gasteiger partial charge in [-0.1, -0.05) is 0 Å². The van der Waals surface area contributed by atoms with Gasteiger partial charge >= 0.3 is 0 Å². The molecule has 722 valence electrons. The van der Waals surface area contributed by atoms with Crippen molar-refractivity contribution in [3.8, 4) is 0 Å². The van der Waals surface area contributed by atoms with E-state index in [0.717, 1.165) is 34.6 Å². The van der Waals surface area contributed by atoms with E-state index in [4.69, 9.17) is 90.0 Å². The number of hydrogen-bond donors (Lipinski definition) is 31. The molecule has 31 N–H and O–H groups in total. The van der Waals surface area contributed by atoms with E-state index in [9.17, 15) is 157 Å². The van der Waals surface area contributed by atoms with Crippen molar-refractivity contribution in [1.82, 2.24) is 26.6 Å². The fraction of sp³-hybridized carbons (Fsp3) is 0.929. The molecule has 5 amide bonds. The Balaban J connectivity index is 0.987. The molecule has 10 aliphatic rings. The third-order valence-electron chi connectivity index (χ3n) is 22.8. The minimum Gasteiger partial charge on any atom is -0.394 e. The second-order valence-electron chi connectivity index (χ2n) is 31.7. The molecular formula is C70H117N5O50. The molecule has 10 rings (SSSR count). The van der Waals surface area contributed by atoms with Gasteiger partial charge in [-0.05, 0) is 6.92 Å². The lowest BCUT2D eigenvalue weighted by Gasteiger charge is -2.51. The highest BCUT2D eigenvalue weighted by Crippen LogP contribution is 2.41. The SMILES string of the molecule is CC(=O)N[C@@H]1[C@H](O[C@@H]2[C@@H](O[C@@H]3[C@H](O)[C@H](O[C@H]4[C@H](O)[C@@H](NC(C)=O)[C@H](O[C@H]5[C@H](O)[C@@H](NC(C)=O)[C@H](O)O[C@@H]5CO[C@@H]5O[C@@H](C)[C@@H](O)[C@@H](O)[C@@H]5O)O[C@@H]4CO)O[C@H](CO[C@H]4O[C@H](CO)[C@@H](O)[C@H](O)[C@@H]4O[C@@H]4O[C@H](CO)[C@@H](O[C@@H]5O[C@H](CO)[C@H](O)[C@H](O)[C@H]5NC(C)=O)[C@H](O)[C@H]4NC(C)=O)[C@H]3O)O[C@H](CO)[C@@H](O)[C@@H]2O)O[C@H](CO)[C@@H](O[C@@H]2O[C@H](CO)[C@H](O)[C@H](O)[C@H]2O)[C@@H]1O. The normalized spacial score (nSPS) is 48.7. The van der Waals surface area contributed by atoms with Gasteiger partial charge in [0.2, 0.25) is 29.5 Å². The Morgan fingerprint density at radius 2 is 0.496 bits per heavy atom. The van der Waals surface area contributed by atoms with Crippen LogP contribution < -0.4 is 26.6 Å². The van der Waals surface area contributed by atoms with Crippen molar-refractivity contribution in [1.29, 1.82) is 0 Å². The predicted molar refractivity (Wildman–Crippen MR) is 386 cm³/mol. The number of carbonyl (C=O) groups excluding carboxylic acids is 5. The van der Waals surface area contributed by atoms with E-state index in [0.29, 0.717) is 0 Å². The molecule has 10 aliphatic heterocycles. The van der Waals surface area contributed by atoms with Crippen LogP contribution in [0.25, 0.3) is 0 Å². The lowest BCUT2D eigenvalue weighted by Crippen LogP contribution is -2.71. The molecule has 0 aromatic heterocycles. The van der Waals surface area contributed by atoms with Crippen molar-refractivity contribution < 1.29 is 247 Å². The molecule has 0 aromatic carbocycles. The van der Waals surface area contributed by atoms with Crippen LogP contribution in [0.3, 0.4) is 0 Å². The van der Waals surface area contributed by atoms with Gasteiger partial charge in [-0.15, -0.1) is 0 Å². The second kappa shape index (κ2) is 44.9. The van der Waals surface area contributed by atoms with Crippen molar-refractivity contribution in [2.45, 2.75) is 348 Å². The predicted octanol–water partition coefficient (Wildman–Crippen LogP) is -21.1. The van der Waals surface area contributed by atoms with Gasteiger partial charge in [0, 0.05) is 34.6 Å². The molecule has 10 fully saturated rings. The highest BCUT2D eigenvalue weighted by atomic mass is 16.8. The molecule has 0 saturated carbocycles. The van der Waals surface area contributed by atoms with Crippen molar-refractivity contribution in [3.63, 3.8) is 0 Å². The van der Waals surface area contributed by atoms with Crippen molar-refractivity contribution in [3.05, 3.63) is 0 Å². The minimum absolute atomic E-state index is 0.810. The van der Waals surface area contributed by atoms with E-state index >= 15 is 0 Å². The first kappa shape index (κ1) is 103. The van der Waals surface area contributed by atoms with Gasteiger partial charge < -0.3 is 249 Å². The summed E-state index contributed by atoms with van der Waals surface area (Å²) in [5.74, 6) is -4.58. The summed E-state index contributed by atoms with van der Waals surface area (Å²) >= 11 is 0. The Hall–Kier alpha value is -4.45. The van der Waals surface area contributed by atoms with Crippen LogP contribution in [0.5, 0.6) is 0 Å². The van der Waals surface area contributed by atoms with Crippen LogP contribution in [0.2, 0.25) is 0 Å². The van der Waals surface area contributed by atoms with Crippen LogP contribution in [0.4, 0.5) is 0 Å². The summed E-state index contributed by atoms with van der Waals surface area (Å²) in [6, 6.07) is -9.38. The first-order valence-corrected chi connectivity index (χ1v) is 40.0. The maximum Gasteiger partial charge on any atom is 0.217 e. The molecule has 55 heteroatoms. The zero-order chi connectivity index (χ0) is 92.1. The van der Waals surface area contributed by atoms with Gasteiger partial charge in [-0.25, -0.2) is 0 Å². The summed E-state index contributed by atoms with van der Waals surface area (Å²) in [6.07, 6.45) is -93.1. The van der Waals surface area contributed by atoms with Crippen LogP contribution in [0.1, 0.15) is 41.5 Å². The minimum atomic E-state index is -2.63. The van der Waals surface area contributed by atoms with Gasteiger partial charge in [-0.2, -0.15) is 0 Å². The Kier molecular flexibility index (Phi) is 36.8. The van der Waals surface area contributed by atoms with Gasteiger partial charge in [0.1, 0.15) is 238 Å². The van der Waals surface area contributed by atoms with Crippen molar-refractivity contribution in [2.75, 3.05) is 59.5 Å². The van der Waals surface area contributed by atoms with Crippen LogP contribution in [0.15, 0.2) is 0 Å². The van der Waals surface area contributed by atoms with Crippen LogP contribution in [0, 0.1) is 0 Å². The number of carbonyl (C=O) groups is 5. The Labute approximate surface area is 708 Å². The van der Waals surface area contributed by atoms with E-state index < -0.39 is 396 Å². The number of nitrogens with one attached hydrogen (secondary N) is 5. The van der Waals surface area contributed by atoms with Gasteiger partial charge in [-0.3, -0.25) is 24.0 Å². The molecular weight excluding hydrogens is 1710 g/mol. The molecule has 0 unspecified atom stereocenters. The molecule has 10 saturated heterocycles. The maximum atomic E-state index is 13.3. The number of amides is 5. The molecule has 0 radical (unpaired) electrons. The molecule has 125 heavy (non-hydrogen) atoms. The fourth-order valence-electron chi connectivity index (χ4n) is 16.2. The summed E-state index contributed by atoms with van der Waals surface area (Å²) in [5.41, 5.74) is 0. The average molecular weight is 1830 g/mol. The van der Waals surface area contributed by atoms with E-state index in [-0.39, 0.29) is 0 Å². The van der Waals surface area contributed by atoms with Crippen molar-refractivity contribution in [2.24, 2.45) is 0 Å².